The Morgan fingerprint density at radius 1 is 1.10 bits per heavy atom. The van der Waals surface area contributed by atoms with Crippen LogP contribution in [-0.4, -0.2) is 47.1 Å². The number of piperazine rings is 1. The first-order valence-corrected chi connectivity index (χ1v) is 9.76. The van der Waals surface area contributed by atoms with Crippen LogP contribution in [0.1, 0.15) is 17.9 Å². The van der Waals surface area contributed by atoms with E-state index in [-0.39, 0.29) is 11.7 Å². The summed E-state index contributed by atoms with van der Waals surface area (Å²) in [6.07, 6.45) is 0.689. The molecule has 0 unspecified atom stereocenters. The van der Waals surface area contributed by atoms with Crippen LogP contribution in [0.4, 0.5) is 10.1 Å². The Labute approximate surface area is 168 Å². The van der Waals surface area contributed by atoms with Crippen LogP contribution in [0.3, 0.4) is 0 Å². The lowest BCUT2D eigenvalue weighted by atomic mass is 10.2. The molecule has 0 N–H and O–H groups in total. The third-order valence-electron chi connectivity index (χ3n) is 5.14. The van der Waals surface area contributed by atoms with Crippen LogP contribution in [0.15, 0.2) is 53.1 Å². The van der Waals surface area contributed by atoms with Gasteiger partial charge in [-0.05, 0) is 31.2 Å². The summed E-state index contributed by atoms with van der Waals surface area (Å²) in [6.45, 7) is 5.11. The lowest BCUT2D eigenvalue weighted by molar-refractivity contribution is -0.131. The number of carbonyl (C=O) groups excluding carboxylic acids is 1. The van der Waals surface area contributed by atoms with Gasteiger partial charge in [-0.2, -0.15) is 4.98 Å². The molecule has 0 spiro atoms. The normalized spacial score (nSPS) is 14.3. The van der Waals surface area contributed by atoms with Crippen molar-refractivity contribution in [1.29, 1.82) is 0 Å². The fourth-order valence-corrected chi connectivity index (χ4v) is 3.44. The van der Waals surface area contributed by atoms with Crippen molar-refractivity contribution in [2.24, 2.45) is 0 Å². The van der Waals surface area contributed by atoms with Gasteiger partial charge in [0, 0.05) is 50.3 Å². The van der Waals surface area contributed by atoms with Gasteiger partial charge in [0.25, 0.3) is 0 Å². The van der Waals surface area contributed by atoms with E-state index < -0.39 is 0 Å². The molecule has 1 aliphatic heterocycles. The second-order valence-electron chi connectivity index (χ2n) is 7.23. The SMILES string of the molecule is Cc1ccc(N2CCN(C(=O)CCc3nc(-c4cccc(F)c4)no3)CC2)cc1. The zero-order valence-electron chi connectivity index (χ0n) is 16.3. The molecule has 0 atom stereocenters. The van der Waals surface area contributed by atoms with Crippen molar-refractivity contribution in [1.82, 2.24) is 15.0 Å². The number of rotatable bonds is 5. The van der Waals surface area contributed by atoms with Crippen LogP contribution in [0, 0.1) is 12.7 Å². The molecule has 0 radical (unpaired) electrons. The van der Waals surface area contributed by atoms with E-state index in [1.807, 2.05) is 4.90 Å². The lowest BCUT2D eigenvalue weighted by Crippen LogP contribution is -2.48. The van der Waals surface area contributed by atoms with Crippen molar-refractivity contribution in [2.75, 3.05) is 31.1 Å². The molecule has 1 fully saturated rings. The predicted molar refractivity (Wildman–Crippen MR) is 108 cm³/mol. The molecule has 0 saturated carbocycles. The van der Waals surface area contributed by atoms with Crippen molar-refractivity contribution < 1.29 is 13.7 Å². The Kier molecular flexibility index (Phi) is 5.55. The summed E-state index contributed by atoms with van der Waals surface area (Å²) in [5, 5.41) is 3.88. The van der Waals surface area contributed by atoms with Crippen LogP contribution in [0.5, 0.6) is 0 Å². The number of halogens is 1. The van der Waals surface area contributed by atoms with Gasteiger partial charge in [0.05, 0.1) is 0 Å². The van der Waals surface area contributed by atoms with E-state index in [1.54, 1.807) is 12.1 Å². The fraction of sp³-hybridized carbons (Fsp3) is 0.318. The second kappa shape index (κ2) is 8.43. The maximum Gasteiger partial charge on any atom is 0.227 e. The monoisotopic (exact) mass is 394 g/mol. The summed E-state index contributed by atoms with van der Waals surface area (Å²) in [6, 6.07) is 14.5. The highest BCUT2D eigenvalue weighted by molar-refractivity contribution is 5.76. The molecule has 7 heteroatoms. The van der Waals surface area contributed by atoms with E-state index in [2.05, 4.69) is 46.2 Å². The first-order chi connectivity index (χ1) is 14.1. The minimum Gasteiger partial charge on any atom is -0.368 e. The third-order valence-corrected chi connectivity index (χ3v) is 5.14. The Balaban J connectivity index is 1.28. The maximum atomic E-state index is 13.3. The smallest absolute Gasteiger partial charge is 0.227 e. The molecule has 0 bridgehead atoms. The Hall–Kier alpha value is -3.22. The van der Waals surface area contributed by atoms with Gasteiger partial charge in [-0.1, -0.05) is 35.0 Å². The van der Waals surface area contributed by atoms with E-state index in [4.69, 9.17) is 4.52 Å². The summed E-state index contributed by atoms with van der Waals surface area (Å²) in [5.74, 6) is 0.447. The zero-order valence-corrected chi connectivity index (χ0v) is 16.3. The van der Waals surface area contributed by atoms with E-state index in [1.165, 1.54) is 23.4 Å². The largest absolute Gasteiger partial charge is 0.368 e. The molecule has 4 rings (SSSR count). The van der Waals surface area contributed by atoms with Crippen molar-refractivity contribution in [2.45, 2.75) is 19.8 Å². The fourth-order valence-electron chi connectivity index (χ4n) is 3.44. The molecule has 150 valence electrons. The van der Waals surface area contributed by atoms with Crippen LogP contribution >= 0.6 is 0 Å². The van der Waals surface area contributed by atoms with E-state index in [0.29, 0.717) is 43.2 Å². The predicted octanol–water partition coefficient (Wildman–Crippen LogP) is 3.47. The molecular weight excluding hydrogens is 371 g/mol. The lowest BCUT2D eigenvalue weighted by Gasteiger charge is -2.36. The topological polar surface area (TPSA) is 62.5 Å². The third kappa shape index (κ3) is 4.62. The van der Waals surface area contributed by atoms with E-state index >= 15 is 0 Å². The summed E-state index contributed by atoms with van der Waals surface area (Å²) < 4.78 is 18.6. The summed E-state index contributed by atoms with van der Waals surface area (Å²) in [4.78, 5) is 21.0. The van der Waals surface area contributed by atoms with Crippen molar-refractivity contribution >= 4 is 11.6 Å². The van der Waals surface area contributed by atoms with E-state index in [0.717, 1.165) is 13.1 Å². The molecule has 29 heavy (non-hydrogen) atoms. The molecule has 0 aliphatic carbocycles. The number of nitrogens with zero attached hydrogens (tertiary/aromatic N) is 4. The van der Waals surface area contributed by atoms with Gasteiger partial charge in [-0.3, -0.25) is 4.79 Å². The van der Waals surface area contributed by atoms with Crippen molar-refractivity contribution in [3.8, 4) is 11.4 Å². The summed E-state index contributed by atoms with van der Waals surface area (Å²) >= 11 is 0. The molecule has 6 nitrogen and oxygen atoms in total. The molecular formula is C22H23FN4O2. The maximum absolute atomic E-state index is 13.3. The number of hydrogen-bond acceptors (Lipinski definition) is 5. The number of anilines is 1. The van der Waals surface area contributed by atoms with Gasteiger partial charge in [-0.15, -0.1) is 0 Å². The van der Waals surface area contributed by atoms with Gasteiger partial charge in [0.2, 0.25) is 17.6 Å². The Bertz CT molecular complexity index is 978. The van der Waals surface area contributed by atoms with Crippen LogP contribution < -0.4 is 4.90 Å². The molecule has 3 aromatic rings. The highest BCUT2D eigenvalue weighted by Gasteiger charge is 2.22. The van der Waals surface area contributed by atoms with Gasteiger partial charge < -0.3 is 14.3 Å². The highest BCUT2D eigenvalue weighted by Crippen LogP contribution is 2.19. The molecule has 2 aromatic carbocycles. The van der Waals surface area contributed by atoms with Crippen LogP contribution in [0.25, 0.3) is 11.4 Å². The first-order valence-electron chi connectivity index (χ1n) is 9.76. The van der Waals surface area contributed by atoms with Crippen molar-refractivity contribution in [3.05, 3.63) is 65.8 Å². The van der Waals surface area contributed by atoms with Gasteiger partial charge in [-0.25, -0.2) is 4.39 Å². The average Bonchev–Trinajstić information content (AvgIpc) is 3.22. The van der Waals surface area contributed by atoms with Crippen LogP contribution in [0.2, 0.25) is 0 Å². The van der Waals surface area contributed by atoms with Crippen LogP contribution in [-0.2, 0) is 11.2 Å². The highest BCUT2D eigenvalue weighted by atomic mass is 19.1. The summed E-state index contributed by atoms with van der Waals surface area (Å²) in [5.41, 5.74) is 2.99. The van der Waals surface area contributed by atoms with E-state index in [9.17, 15) is 9.18 Å². The van der Waals surface area contributed by atoms with Gasteiger partial charge in [0.15, 0.2) is 0 Å². The summed E-state index contributed by atoms with van der Waals surface area (Å²) in [7, 11) is 0. The van der Waals surface area contributed by atoms with Gasteiger partial charge >= 0.3 is 0 Å². The Morgan fingerprint density at radius 3 is 2.59 bits per heavy atom. The zero-order chi connectivity index (χ0) is 20.2. The molecule has 1 aromatic heterocycles. The minimum absolute atomic E-state index is 0.0825. The number of aryl methyl sites for hydroxylation is 2. The molecule has 1 aliphatic rings. The number of benzene rings is 2. The number of carbonyl (C=O) groups is 1. The number of aromatic nitrogens is 2. The van der Waals surface area contributed by atoms with Gasteiger partial charge in [0.1, 0.15) is 5.82 Å². The Morgan fingerprint density at radius 2 is 1.86 bits per heavy atom. The first kappa shape index (κ1) is 19.1. The molecule has 1 amide bonds. The standard InChI is InChI=1S/C22H23FN4O2/c1-16-5-7-19(8-6-16)26-11-13-27(14-12-26)21(28)10-9-20-24-22(25-29-20)17-3-2-4-18(23)15-17/h2-8,15H,9-14H2,1H3. The average molecular weight is 394 g/mol. The second-order valence-corrected chi connectivity index (χ2v) is 7.23. The minimum atomic E-state index is -0.353. The van der Waals surface area contributed by atoms with Crippen molar-refractivity contribution in [3.63, 3.8) is 0 Å². The molecule has 2 heterocycles. The molecule has 1 saturated heterocycles. The number of hydrogen-bond donors (Lipinski definition) is 0. The number of amides is 1. The quantitative estimate of drug-likeness (QED) is 0.663.